The zero-order valence-electron chi connectivity index (χ0n) is 9.82. The van der Waals surface area contributed by atoms with Crippen LogP contribution in [0.15, 0.2) is 17.5 Å². The van der Waals surface area contributed by atoms with E-state index in [1.54, 1.807) is 0 Å². The Balaban J connectivity index is 2.33. The van der Waals surface area contributed by atoms with Crippen LogP contribution in [0.25, 0.3) is 0 Å². The maximum atomic E-state index is 5.61. The average molecular weight is 227 g/mol. The monoisotopic (exact) mass is 227 g/mol. The van der Waals surface area contributed by atoms with Gasteiger partial charge in [0.2, 0.25) is 0 Å². The quantitative estimate of drug-likeness (QED) is 0.773. The van der Waals surface area contributed by atoms with Gasteiger partial charge in [0.05, 0.1) is 6.10 Å². The topological polar surface area (TPSA) is 21.3 Å². The Bertz CT molecular complexity index is 248. The predicted molar refractivity (Wildman–Crippen MR) is 66.6 cm³/mol. The van der Waals surface area contributed by atoms with Crippen LogP contribution < -0.4 is 5.32 Å². The lowest BCUT2D eigenvalue weighted by molar-refractivity contribution is 0.0475. The van der Waals surface area contributed by atoms with Crippen LogP contribution in [0.1, 0.15) is 25.1 Å². The summed E-state index contributed by atoms with van der Waals surface area (Å²) < 4.78 is 5.61. The summed E-state index contributed by atoms with van der Waals surface area (Å²) in [5.41, 5.74) is 0. The third-order valence-corrected chi connectivity index (χ3v) is 3.59. The average Bonchev–Trinajstić information content (AvgIpc) is 2.72. The molecular formula is C12H21NOS. The molecule has 0 aliphatic heterocycles. The zero-order valence-corrected chi connectivity index (χ0v) is 10.6. The van der Waals surface area contributed by atoms with Crippen LogP contribution in [-0.2, 0) is 11.2 Å². The van der Waals surface area contributed by atoms with E-state index in [2.05, 4.69) is 29.8 Å². The van der Waals surface area contributed by atoms with Gasteiger partial charge in [0.25, 0.3) is 0 Å². The van der Waals surface area contributed by atoms with Gasteiger partial charge in [-0.25, -0.2) is 0 Å². The van der Waals surface area contributed by atoms with E-state index < -0.39 is 0 Å². The summed E-state index contributed by atoms with van der Waals surface area (Å²) in [6.07, 6.45) is 2.57. The molecule has 2 atom stereocenters. The van der Waals surface area contributed by atoms with Gasteiger partial charge in [0.1, 0.15) is 0 Å². The molecule has 0 bridgehead atoms. The Kier molecular flexibility index (Phi) is 5.91. The molecule has 1 N–H and O–H groups in total. The summed E-state index contributed by atoms with van der Waals surface area (Å²) in [7, 11) is 2.01. The highest BCUT2D eigenvalue weighted by atomic mass is 32.1. The molecule has 0 aliphatic rings. The SMILES string of the molecule is CCOC(C)C(CCc1cccs1)NC. The summed E-state index contributed by atoms with van der Waals surface area (Å²) >= 11 is 1.83. The van der Waals surface area contributed by atoms with Crippen molar-refractivity contribution in [3.63, 3.8) is 0 Å². The molecule has 0 fully saturated rings. The van der Waals surface area contributed by atoms with E-state index in [0.29, 0.717) is 12.1 Å². The van der Waals surface area contributed by atoms with Gasteiger partial charge < -0.3 is 10.1 Å². The minimum absolute atomic E-state index is 0.292. The van der Waals surface area contributed by atoms with Gasteiger partial charge >= 0.3 is 0 Å². The Morgan fingerprint density at radius 1 is 1.53 bits per heavy atom. The van der Waals surface area contributed by atoms with E-state index in [9.17, 15) is 0 Å². The second kappa shape index (κ2) is 6.99. The molecule has 1 heterocycles. The predicted octanol–water partition coefficient (Wildman–Crippen LogP) is 2.69. The van der Waals surface area contributed by atoms with E-state index in [-0.39, 0.29) is 0 Å². The van der Waals surface area contributed by atoms with Gasteiger partial charge in [0, 0.05) is 17.5 Å². The summed E-state index contributed by atoms with van der Waals surface area (Å²) in [6, 6.07) is 4.76. The van der Waals surface area contributed by atoms with Crippen molar-refractivity contribution >= 4 is 11.3 Å². The third-order valence-electron chi connectivity index (χ3n) is 2.65. The summed E-state index contributed by atoms with van der Waals surface area (Å²) in [5, 5.41) is 5.46. The number of aryl methyl sites for hydroxylation is 1. The normalized spacial score (nSPS) is 15.1. The molecule has 0 aliphatic carbocycles. The molecule has 0 saturated heterocycles. The van der Waals surface area contributed by atoms with Crippen molar-refractivity contribution in [3.05, 3.63) is 22.4 Å². The largest absolute Gasteiger partial charge is 0.377 e. The Labute approximate surface area is 96.7 Å². The number of likely N-dealkylation sites (N-methyl/N-ethyl adjacent to an activating group) is 1. The minimum Gasteiger partial charge on any atom is -0.377 e. The number of rotatable bonds is 7. The number of hydrogen-bond acceptors (Lipinski definition) is 3. The van der Waals surface area contributed by atoms with Crippen molar-refractivity contribution in [2.45, 2.75) is 38.8 Å². The van der Waals surface area contributed by atoms with Crippen molar-refractivity contribution in [1.29, 1.82) is 0 Å². The smallest absolute Gasteiger partial charge is 0.0699 e. The number of nitrogens with one attached hydrogen (secondary N) is 1. The molecule has 2 unspecified atom stereocenters. The molecule has 0 saturated carbocycles. The van der Waals surface area contributed by atoms with Crippen LogP contribution in [0.5, 0.6) is 0 Å². The summed E-state index contributed by atoms with van der Waals surface area (Å²) in [4.78, 5) is 1.46. The number of ether oxygens (including phenoxy) is 1. The molecule has 1 rings (SSSR count). The van der Waals surface area contributed by atoms with Crippen LogP contribution in [0.2, 0.25) is 0 Å². The fourth-order valence-electron chi connectivity index (χ4n) is 1.75. The number of hydrogen-bond donors (Lipinski definition) is 1. The van der Waals surface area contributed by atoms with Crippen LogP contribution in [0, 0.1) is 0 Å². The van der Waals surface area contributed by atoms with E-state index in [1.165, 1.54) is 4.88 Å². The maximum absolute atomic E-state index is 5.61. The first kappa shape index (κ1) is 12.7. The van der Waals surface area contributed by atoms with Gasteiger partial charge in [-0.15, -0.1) is 11.3 Å². The molecule has 86 valence electrons. The standard InChI is InChI=1S/C12H21NOS/c1-4-14-10(2)12(13-3)8-7-11-6-5-9-15-11/h5-6,9-10,12-13H,4,7-8H2,1-3H3. The van der Waals surface area contributed by atoms with Crippen molar-refractivity contribution in [3.8, 4) is 0 Å². The fraction of sp³-hybridized carbons (Fsp3) is 0.667. The highest BCUT2D eigenvalue weighted by Crippen LogP contribution is 2.14. The fourth-order valence-corrected chi connectivity index (χ4v) is 2.47. The van der Waals surface area contributed by atoms with Crippen LogP contribution in [-0.4, -0.2) is 25.8 Å². The Hall–Kier alpha value is -0.380. The second-order valence-electron chi connectivity index (χ2n) is 3.67. The molecule has 0 radical (unpaired) electrons. The molecule has 3 heteroatoms. The molecule has 0 aromatic carbocycles. The van der Waals surface area contributed by atoms with Gasteiger partial charge in [-0.2, -0.15) is 0 Å². The second-order valence-corrected chi connectivity index (χ2v) is 4.71. The highest BCUT2D eigenvalue weighted by molar-refractivity contribution is 7.09. The van der Waals surface area contributed by atoms with Crippen molar-refractivity contribution in [2.75, 3.05) is 13.7 Å². The van der Waals surface area contributed by atoms with E-state index >= 15 is 0 Å². The molecule has 0 amide bonds. The van der Waals surface area contributed by atoms with Crippen LogP contribution in [0.3, 0.4) is 0 Å². The van der Waals surface area contributed by atoms with Gasteiger partial charge in [-0.05, 0) is 45.2 Å². The molecule has 1 aromatic rings. The molecule has 15 heavy (non-hydrogen) atoms. The van der Waals surface area contributed by atoms with Crippen molar-refractivity contribution in [2.24, 2.45) is 0 Å². The first-order chi connectivity index (χ1) is 7.27. The van der Waals surface area contributed by atoms with E-state index in [1.807, 2.05) is 25.3 Å². The lowest BCUT2D eigenvalue weighted by Crippen LogP contribution is -2.37. The molecule has 0 spiro atoms. The molecule has 2 nitrogen and oxygen atoms in total. The number of thiophene rings is 1. The van der Waals surface area contributed by atoms with Crippen LogP contribution >= 0.6 is 11.3 Å². The first-order valence-corrected chi connectivity index (χ1v) is 6.47. The van der Waals surface area contributed by atoms with Gasteiger partial charge in [0.15, 0.2) is 0 Å². The lowest BCUT2D eigenvalue weighted by Gasteiger charge is -2.23. The van der Waals surface area contributed by atoms with E-state index in [0.717, 1.165) is 19.4 Å². The molecular weight excluding hydrogens is 206 g/mol. The lowest BCUT2D eigenvalue weighted by atomic mass is 10.1. The summed E-state index contributed by atoms with van der Waals surface area (Å²) in [6.45, 7) is 4.97. The highest BCUT2D eigenvalue weighted by Gasteiger charge is 2.15. The summed E-state index contributed by atoms with van der Waals surface area (Å²) in [5.74, 6) is 0. The van der Waals surface area contributed by atoms with E-state index in [4.69, 9.17) is 4.74 Å². The van der Waals surface area contributed by atoms with Gasteiger partial charge in [-0.3, -0.25) is 0 Å². The maximum Gasteiger partial charge on any atom is 0.0699 e. The van der Waals surface area contributed by atoms with Crippen molar-refractivity contribution in [1.82, 2.24) is 5.32 Å². The first-order valence-electron chi connectivity index (χ1n) is 5.59. The van der Waals surface area contributed by atoms with Crippen LogP contribution in [0.4, 0.5) is 0 Å². The Morgan fingerprint density at radius 3 is 2.87 bits per heavy atom. The van der Waals surface area contributed by atoms with Crippen molar-refractivity contribution < 1.29 is 4.74 Å². The Morgan fingerprint density at radius 2 is 2.33 bits per heavy atom. The van der Waals surface area contributed by atoms with Gasteiger partial charge in [-0.1, -0.05) is 6.07 Å². The molecule has 1 aromatic heterocycles. The minimum atomic E-state index is 0.292. The third kappa shape index (κ3) is 4.33. The zero-order chi connectivity index (χ0) is 11.1.